The maximum atomic E-state index is 12.6. The van der Waals surface area contributed by atoms with Crippen LogP contribution >= 0.6 is 22.6 Å². The van der Waals surface area contributed by atoms with E-state index in [1.165, 1.54) is 0 Å². The first-order valence-electron chi connectivity index (χ1n) is 7.17. The van der Waals surface area contributed by atoms with Gasteiger partial charge in [0, 0.05) is 6.04 Å². The zero-order valence-electron chi connectivity index (χ0n) is 13.6. The maximum Gasteiger partial charge on any atom is 0.241 e. The van der Waals surface area contributed by atoms with Crippen LogP contribution in [0.15, 0.2) is 41.3 Å². The summed E-state index contributed by atoms with van der Waals surface area (Å²) in [7, 11) is -2.03. The highest BCUT2D eigenvalue weighted by Gasteiger charge is 2.20. The normalized spacial score (nSPS) is 12.9. The summed E-state index contributed by atoms with van der Waals surface area (Å²) in [5.74, 6) is 0.659. The first-order valence-corrected chi connectivity index (χ1v) is 9.74. The molecule has 6 heteroatoms. The molecule has 0 fully saturated rings. The Kier molecular flexibility index (Phi) is 5.70. The molecule has 0 heterocycles. The van der Waals surface area contributed by atoms with Crippen molar-refractivity contribution >= 4 is 32.6 Å². The summed E-state index contributed by atoms with van der Waals surface area (Å²) in [4.78, 5) is 0.236. The number of rotatable bonds is 5. The van der Waals surface area contributed by atoms with E-state index in [1.54, 1.807) is 25.3 Å². The van der Waals surface area contributed by atoms with Crippen LogP contribution in [-0.2, 0) is 10.0 Å². The number of hydrogen-bond donors (Lipinski definition) is 1. The van der Waals surface area contributed by atoms with Gasteiger partial charge in [-0.2, -0.15) is 0 Å². The topological polar surface area (TPSA) is 55.4 Å². The molecule has 0 aliphatic heterocycles. The lowest BCUT2D eigenvalue weighted by atomic mass is 10.0. The molecule has 0 unspecified atom stereocenters. The summed E-state index contributed by atoms with van der Waals surface area (Å²) >= 11 is 2.06. The Morgan fingerprint density at radius 2 is 1.83 bits per heavy atom. The van der Waals surface area contributed by atoms with Gasteiger partial charge in [0.1, 0.15) is 5.75 Å². The Morgan fingerprint density at radius 1 is 1.13 bits per heavy atom. The second kappa shape index (κ2) is 7.19. The molecular weight excluding hydrogens is 425 g/mol. The van der Waals surface area contributed by atoms with E-state index in [-0.39, 0.29) is 10.9 Å². The lowest BCUT2D eigenvalue weighted by molar-refractivity contribution is 0.411. The summed E-state index contributed by atoms with van der Waals surface area (Å²) in [6.07, 6.45) is 0. The molecule has 0 aliphatic rings. The molecule has 0 spiro atoms. The van der Waals surface area contributed by atoms with Crippen molar-refractivity contribution in [3.05, 3.63) is 56.7 Å². The second-order valence-electron chi connectivity index (χ2n) is 5.50. The van der Waals surface area contributed by atoms with Crippen molar-refractivity contribution < 1.29 is 13.2 Å². The van der Waals surface area contributed by atoms with Crippen molar-refractivity contribution in [2.24, 2.45) is 0 Å². The van der Waals surface area contributed by atoms with Crippen molar-refractivity contribution in [3.63, 3.8) is 0 Å². The number of aryl methyl sites for hydroxylation is 2. The smallest absolute Gasteiger partial charge is 0.241 e. The van der Waals surface area contributed by atoms with Crippen LogP contribution in [0.1, 0.15) is 29.7 Å². The minimum absolute atomic E-state index is 0.236. The molecule has 4 nitrogen and oxygen atoms in total. The van der Waals surface area contributed by atoms with Gasteiger partial charge in [-0.3, -0.25) is 0 Å². The molecule has 0 amide bonds. The standard InChI is InChI=1S/C17H20INO3S/c1-11-5-6-12(2)15(9-11)13(3)19-23(20,21)14-7-8-17(22-4)16(18)10-14/h5-10,13,19H,1-4H3/t13-/m0/s1. The van der Waals surface area contributed by atoms with Crippen LogP contribution in [0.25, 0.3) is 0 Å². The molecule has 0 aliphatic carbocycles. The Balaban J connectivity index is 2.30. The van der Waals surface area contributed by atoms with E-state index in [4.69, 9.17) is 4.74 Å². The average molecular weight is 445 g/mol. The molecule has 0 bridgehead atoms. The minimum Gasteiger partial charge on any atom is -0.496 e. The molecule has 124 valence electrons. The molecule has 0 radical (unpaired) electrons. The number of benzene rings is 2. The number of sulfonamides is 1. The van der Waals surface area contributed by atoms with E-state index in [1.807, 2.05) is 39.0 Å². The third-order valence-corrected chi connectivity index (χ3v) is 6.05. The van der Waals surface area contributed by atoms with Crippen molar-refractivity contribution in [2.45, 2.75) is 31.7 Å². The van der Waals surface area contributed by atoms with E-state index in [9.17, 15) is 8.42 Å². The highest BCUT2D eigenvalue weighted by molar-refractivity contribution is 14.1. The molecule has 1 N–H and O–H groups in total. The molecule has 1 atom stereocenters. The van der Waals surface area contributed by atoms with Crippen LogP contribution in [0.5, 0.6) is 5.75 Å². The van der Waals surface area contributed by atoms with E-state index in [2.05, 4.69) is 27.3 Å². The summed E-state index contributed by atoms with van der Waals surface area (Å²) in [5.41, 5.74) is 3.16. The van der Waals surface area contributed by atoms with Crippen LogP contribution in [0, 0.1) is 17.4 Å². The van der Waals surface area contributed by atoms with Gasteiger partial charge in [0.2, 0.25) is 10.0 Å². The van der Waals surface area contributed by atoms with Gasteiger partial charge in [-0.05, 0) is 72.7 Å². The fourth-order valence-corrected chi connectivity index (χ4v) is 4.60. The predicted molar refractivity (Wildman–Crippen MR) is 100 cm³/mol. The lowest BCUT2D eigenvalue weighted by Gasteiger charge is -2.18. The Bertz CT molecular complexity index is 819. The number of methoxy groups -OCH3 is 1. The highest BCUT2D eigenvalue weighted by Crippen LogP contribution is 2.26. The quantitative estimate of drug-likeness (QED) is 0.710. The summed E-state index contributed by atoms with van der Waals surface area (Å²) < 4.78 is 33.9. The van der Waals surface area contributed by atoms with Crippen LogP contribution in [-0.4, -0.2) is 15.5 Å². The monoisotopic (exact) mass is 445 g/mol. The summed E-state index contributed by atoms with van der Waals surface area (Å²) in [6, 6.07) is 10.6. The van der Waals surface area contributed by atoms with Gasteiger partial charge in [-0.1, -0.05) is 23.8 Å². The fraction of sp³-hybridized carbons (Fsp3) is 0.294. The molecule has 2 aromatic rings. The van der Waals surface area contributed by atoms with E-state index >= 15 is 0 Å². The molecule has 2 aromatic carbocycles. The number of hydrogen-bond acceptors (Lipinski definition) is 3. The number of ether oxygens (including phenoxy) is 1. The average Bonchev–Trinajstić information content (AvgIpc) is 2.49. The molecular formula is C17H20INO3S. The van der Waals surface area contributed by atoms with Crippen molar-refractivity contribution in [1.29, 1.82) is 0 Å². The summed E-state index contributed by atoms with van der Waals surface area (Å²) in [5, 5.41) is 0. The van der Waals surface area contributed by atoms with Gasteiger partial charge in [-0.15, -0.1) is 0 Å². The predicted octanol–water partition coefficient (Wildman–Crippen LogP) is 3.96. The van der Waals surface area contributed by atoms with Crippen molar-refractivity contribution in [3.8, 4) is 5.75 Å². The molecule has 0 aromatic heterocycles. The maximum absolute atomic E-state index is 12.6. The molecule has 0 saturated carbocycles. The fourth-order valence-electron chi connectivity index (χ4n) is 2.40. The largest absolute Gasteiger partial charge is 0.496 e. The Labute approximate surface area is 151 Å². The van der Waals surface area contributed by atoms with Crippen molar-refractivity contribution in [2.75, 3.05) is 7.11 Å². The Hall–Kier alpha value is -1.12. The van der Waals surface area contributed by atoms with Crippen LogP contribution < -0.4 is 9.46 Å². The first-order chi connectivity index (χ1) is 10.7. The molecule has 23 heavy (non-hydrogen) atoms. The highest BCUT2D eigenvalue weighted by atomic mass is 127. The van der Waals surface area contributed by atoms with Gasteiger partial charge in [0.15, 0.2) is 0 Å². The van der Waals surface area contributed by atoms with E-state index in [0.717, 1.165) is 20.3 Å². The second-order valence-corrected chi connectivity index (χ2v) is 8.38. The Morgan fingerprint density at radius 3 is 2.43 bits per heavy atom. The van der Waals surface area contributed by atoms with Gasteiger partial charge in [-0.25, -0.2) is 13.1 Å². The summed E-state index contributed by atoms with van der Waals surface area (Å²) in [6.45, 7) is 5.83. The number of nitrogens with one attached hydrogen (secondary N) is 1. The van der Waals surface area contributed by atoms with Gasteiger partial charge in [0.25, 0.3) is 0 Å². The molecule has 0 saturated heterocycles. The van der Waals surface area contributed by atoms with Crippen LogP contribution in [0.2, 0.25) is 0 Å². The zero-order chi connectivity index (χ0) is 17.2. The van der Waals surface area contributed by atoms with Gasteiger partial charge < -0.3 is 4.74 Å². The zero-order valence-corrected chi connectivity index (χ0v) is 16.5. The van der Waals surface area contributed by atoms with Gasteiger partial charge in [0.05, 0.1) is 15.6 Å². The third kappa shape index (κ3) is 4.24. The van der Waals surface area contributed by atoms with Crippen molar-refractivity contribution in [1.82, 2.24) is 4.72 Å². The molecule has 2 rings (SSSR count). The third-order valence-electron chi connectivity index (χ3n) is 3.67. The SMILES string of the molecule is COc1ccc(S(=O)(=O)N[C@@H](C)c2cc(C)ccc2C)cc1I. The van der Waals surface area contributed by atoms with Crippen LogP contribution in [0.3, 0.4) is 0 Å². The first kappa shape index (κ1) is 18.2. The van der Waals surface area contributed by atoms with Crippen LogP contribution in [0.4, 0.5) is 0 Å². The number of halogens is 1. The van der Waals surface area contributed by atoms with E-state index < -0.39 is 10.0 Å². The van der Waals surface area contributed by atoms with Gasteiger partial charge >= 0.3 is 0 Å². The lowest BCUT2D eigenvalue weighted by Crippen LogP contribution is -2.27. The minimum atomic E-state index is -3.60. The van der Waals surface area contributed by atoms with E-state index in [0.29, 0.717) is 5.75 Å².